The Hall–Kier alpha value is 0.949. The predicted molar refractivity (Wildman–Crippen MR) is 14.0 cm³/mol. The van der Waals surface area contributed by atoms with Gasteiger partial charge in [0.1, 0.15) is 0 Å². The molecule has 0 aromatic carbocycles. The van der Waals surface area contributed by atoms with Crippen molar-refractivity contribution in [1.82, 2.24) is 0 Å². The standard InChI is InChI=1S/FO3Si.Pb.H/c1-5(2,3)4;;/q-3;+3;. The van der Waals surface area contributed by atoms with Gasteiger partial charge in [-0.15, -0.1) is 0 Å². The molecular formula is HFO3PbSi. The van der Waals surface area contributed by atoms with Gasteiger partial charge in [-0.3, -0.25) is 0 Å². The first kappa shape index (κ1) is 10.0. The Labute approximate surface area is 55.1 Å². The number of rotatable bonds is 0. The predicted octanol–water partition coefficient (Wildman–Crippen LogP) is -4.18. The van der Waals surface area contributed by atoms with Crippen molar-refractivity contribution >= 4 is 36.4 Å². The Balaban J connectivity index is 0. The zero-order chi connectivity index (χ0) is 4.50. The summed E-state index contributed by atoms with van der Waals surface area (Å²) >= 11 is 0. The van der Waals surface area contributed by atoms with E-state index in [0.29, 0.717) is 0 Å². The molecule has 34 valence electrons. The zero-order valence-electron chi connectivity index (χ0n) is 2.68. The molecule has 0 aliphatic rings. The maximum absolute atomic E-state index is 10.2. The second-order valence-corrected chi connectivity index (χ2v) is 1.44. The quantitative estimate of drug-likeness (QED) is 0.337. The van der Waals surface area contributed by atoms with Gasteiger partial charge in [-0.25, -0.2) is 0 Å². The van der Waals surface area contributed by atoms with Crippen LogP contribution in [0.1, 0.15) is 0 Å². The molecule has 6 heteroatoms. The molecule has 0 amide bonds. The molecule has 0 atom stereocenters. The van der Waals surface area contributed by atoms with Gasteiger partial charge in [0.05, 0.1) is 0 Å². The van der Waals surface area contributed by atoms with Gasteiger partial charge in [0.2, 0.25) is 0 Å². The average molecular weight is 303 g/mol. The molecular weight excluding hydrogens is 302 g/mol. The van der Waals surface area contributed by atoms with Gasteiger partial charge in [0, 0.05) is 0 Å². The van der Waals surface area contributed by atoms with Crippen LogP contribution in [0.3, 0.4) is 0 Å². The first-order chi connectivity index (χ1) is 2.00. The average Bonchev–Trinajstić information content (AvgIpc) is 0.722. The molecule has 0 N–H and O–H groups in total. The Morgan fingerprint density at radius 2 is 1.17 bits per heavy atom. The van der Waals surface area contributed by atoms with Gasteiger partial charge in [0.15, 0.2) is 0 Å². The Morgan fingerprint density at radius 3 is 1.17 bits per heavy atom. The van der Waals surface area contributed by atoms with E-state index in [1.807, 2.05) is 0 Å². The van der Waals surface area contributed by atoms with Crippen LogP contribution in [0.15, 0.2) is 0 Å². The number of halogens is 1. The van der Waals surface area contributed by atoms with Gasteiger partial charge in [-0.2, -0.15) is 0 Å². The van der Waals surface area contributed by atoms with Gasteiger partial charge in [-0.1, -0.05) is 9.14 Å². The van der Waals surface area contributed by atoms with Crippen LogP contribution >= 0.6 is 0 Å². The van der Waals surface area contributed by atoms with E-state index in [1.165, 1.54) is 0 Å². The molecule has 0 aromatic rings. The van der Waals surface area contributed by atoms with E-state index in [2.05, 4.69) is 0 Å². The summed E-state index contributed by atoms with van der Waals surface area (Å²) in [6.07, 6.45) is 0. The van der Waals surface area contributed by atoms with Gasteiger partial charge in [0.25, 0.3) is 0 Å². The van der Waals surface area contributed by atoms with Crippen LogP contribution in [0, 0.1) is 0 Å². The third kappa shape index (κ3) is 85.7. The first-order valence-electron chi connectivity index (χ1n) is 0.801. The molecule has 0 radical (unpaired) electrons. The van der Waals surface area contributed by atoms with Crippen LogP contribution in [0.4, 0.5) is 4.11 Å². The van der Waals surface area contributed by atoms with Gasteiger partial charge < -0.3 is 18.5 Å². The molecule has 0 aromatic heterocycles. The maximum atomic E-state index is 10.2. The second-order valence-electron chi connectivity index (χ2n) is 0.481. The Kier molecular flexibility index (Phi) is 5.05. The molecule has 0 saturated carbocycles. The van der Waals surface area contributed by atoms with Crippen molar-refractivity contribution in [3.8, 4) is 0 Å². The first-order valence-corrected chi connectivity index (χ1v) is 2.40. The van der Waals surface area contributed by atoms with Gasteiger partial charge >= 0.3 is 27.3 Å². The summed E-state index contributed by atoms with van der Waals surface area (Å²) in [5, 5.41) is 0. The van der Waals surface area contributed by atoms with Crippen LogP contribution < -0.4 is 14.4 Å². The molecule has 6 heavy (non-hydrogen) atoms. The van der Waals surface area contributed by atoms with Crippen LogP contribution in [0.2, 0.25) is 0 Å². The second kappa shape index (κ2) is 3.02. The van der Waals surface area contributed by atoms with Crippen LogP contribution in [0.25, 0.3) is 0 Å². The van der Waals surface area contributed by atoms with E-state index in [0.717, 1.165) is 0 Å². The summed E-state index contributed by atoms with van der Waals surface area (Å²) in [5.41, 5.74) is 0. The number of hydrogen-bond donors (Lipinski definition) is 0. The summed E-state index contributed by atoms with van der Waals surface area (Å²) in [6, 6.07) is 0. The summed E-state index contributed by atoms with van der Waals surface area (Å²) in [6.45, 7) is 0. The van der Waals surface area contributed by atoms with Crippen molar-refractivity contribution in [3.63, 3.8) is 0 Å². The third-order valence-electron chi connectivity index (χ3n) is 0. The van der Waals surface area contributed by atoms with E-state index in [4.69, 9.17) is 14.4 Å². The number of hydrogen-bond acceptors (Lipinski definition) is 3. The van der Waals surface area contributed by atoms with Crippen molar-refractivity contribution in [2.24, 2.45) is 0 Å². The van der Waals surface area contributed by atoms with E-state index in [1.54, 1.807) is 0 Å². The summed E-state index contributed by atoms with van der Waals surface area (Å²) in [4.78, 5) is 25.4. The van der Waals surface area contributed by atoms with Crippen LogP contribution in [-0.4, -0.2) is 36.4 Å². The molecule has 3 nitrogen and oxygen atoms in total. The summed E-state index contributed by atoms with van der Waals surface area (Å²) in [7, 11) is -5.86. The zero-order valence-corrected chi connectivity index (χ0v) is 8.17. The van der Waals surface area contributed by atoms with E-state index >= 15 is 0 Å². The monoisotopic (exact) mass is 304 g/mol. The molecule has 0 bridgehead atoms. The normalized spacial score (nSPS) is 10.0. The van der Waals surface area contributed by atoms with Gasteiger partial charge in [-0.05, 0) is 0 Å². The Bertz CT molecular complexity index is 26.3. The fourth-order valence-corrected chi connectivity index (χ4v) is 0. The molecule has 0 rings (SSSR count). The Morgan fingerprint density at radius 1 is 1.17 bits per heavy atom. The molecule has 0 spiro atoms. The van der Waals surface area contributed by atoms with Crippen molar-refractivity contribution in [3.05, 3.63) is 0 Å². The molecule has 0 saturated heterocycles. The third-order valence-corrected chi connectivity index (χ3v) is 0. The van der Waals surface area contributed by atoms with Crippen LogP contribution in [-0.2, 0) is 0 Å². The topological polar surface area (TPSA) is 69.2 Å². The van der Waals surface area contributed by atoms with Crippen molar-refractivity contribution in [1.29, 1.82) is 0 Å². The summed E-state index contributed by atoms with van der Waals surface area (Å²) < 4.78 is 10.2. The molecule has 0 fully saturated rings. The van der Waals surface area contributed by atoms with Crippen LogP contribution in [0.5, 0.6) is 0 Å². The molecule has 0 aliphatic heterocycles. The summed E-state index contributed by atoms with van der Waals surface area (Å²) in [5.74, 6) is 0. The van der Waals surface area contributed by atoms with E-state index < -0.39 is 9.14 Å². The van der Waals surface area contributed by atoms with Crippen molar-refractivity contribution in [2.45, 2.75) is 0 Å². The molecule has 0 aliphatic carbocycles. The van der Waals surface area contributed by atoms with Crippen molar-refractivity contribution in [2.75, 3.05) is 0 Å². The SMILES string of the molecule is [O-][Si]([O-])([O-])F.[PbH+3]. The molecule has 0 unspecified atom stereocenters. The van der Waals surface area contributed by atoms with Crippen molar-refractivity contribution < 1.29 is 18.5 Å². The van der Waals surface area contributed by atoms with E-state index in [-0.39, 0.29) is 27.3 Å². The fraction of sp³-hybridized carbons (Fsp3) is 0. The van der Waals surface area contributed by atoms with E-state index in [9.17, 15) is 4.11 Å². The minimum atomic E-state index is -5.86. The fourth-order valence-electron chi connectivity index (χ4n) is 0. The minimum absolute atomic E-state index is 0. The molecule has 0 heterocycles.